The van der Waals surface area contributed by atoms with Crippen LogP contribution in [0.1, 0.15) is 17.4 Å². The lowest BCUT2D eigenvalue weighted by molar-refractivity contribution is 0.0778. The highest BCUT2D eigenvalue weighted by molar-refractivity contribution is 5.92. The van der Waals surface area contributed by atoms with E-state index in [2.05, 4.69) is 10.9 Å². The Bertz CT molecular complexity index is 398. The summed E-state index contributed by atoms with van der Waals surface area (Å²) in [6.45, 7) is 2.48. The van der Waals surface area contributed by atoms with Gasteiger partial charge in [-0.1, -0.05) is 12.0 Å². The van der Waals surface area contributed by atoms with Gasteiger partial charge in [-0.3, -0.25) is 4.79 Å². The van der Waals surface area contributed by atoms with Gasteiger partial charge in [0.25, 0.3) is 5.91 Å². The Morgan fingerprint density at radius 1 is 1.67 bits per heavy atom. The number of nitrogens with zero attached hydrogens (tertiary/aromatic N) is 2. The molecule has 78 valence electrons. The molecule has 1 amide bonds. The molecular formula is C11H11FN2O. The molecule has 0 radical (unpaired) electrons. The second-order valence-electron chi connectivity index (χ2n) is 2.87. The summed E-state index contributed by atoms with van der Waals surface area (Å²) in [7, 11) is 0. The van der Waals surface area contributed by atoms with Crippen molar-refractivity contribution in [2.75, 3.05) is 13.1 Å². The fourth-order valence-corrected chi connectivity index (χ4v) is 1.13. The molecule has 3 nitrogen and oxygen atoms in total. The highest BCUT2D eigenvalue weighted by Crippen LogP contribution is 2.02. The van der Waals surface area contributed by atoms with Gasteiger partial charge in [-0.05, 0) is 19.1 Å². The van der Waals surface area contributed by atoms with Crippen LogP contribution in [0.15, 0.2) is 18.2 Å². The minimum absolute atomic E-state index is 0.0760. The molecule has 0 aliphatic heterocycles. The molecule has 4 heteroatoms. The van der Waals surface area contributed by atoms with E-state index in [9.17, 15) is 9.18 Å². The predicted molar refractivity (Wildman–Crippen MR) is 54.6 cm³/mol. The third-order valence-corrected chi connectivity index (χ3v) is 1.89. The zero-order valence-electron chi connectivity index (χ0n) is 8.40. The number of halogens is 1. The number of aromatic nitrogens is 1. The standard InChI is InChI=1S/C11H11FN2O/c1-3-8-14(4-2)11(15)9-6-5-7-10(12)13-9/h1,5-7H,4,8H2,2H3. The summed E-state index contributed by atoms with van der Waals surface area (Å²) in [4.78, 5) is 16.6. The molecule has 0 unspecified atom stereocenters. The van der Waals surface area contributed by atoms with Gasteiger partial charge in [-0.2, -0.15) is 4.39 Å². The van der Waals surface area contributed by atoms with E-state index in [1.54, 1.807) is 6.92 Å². The van der Waals surface area contributed by atoms with Gasteiger partial charge >= 0.3 is 0 Å². The van der Waals surface area contributed by atoms with Crippen LogP contribution in [0, 0.1) is 18.3 Å². The Morgan fingerprint density at radius 3 is 2.93 bits per heavy atom. The van der Waals surface area contributed by atoms with E-state index in [4.69, 9.17) is 6.42 Å². The molecule has 0 atom stereocenters. The van der Waals surface area contributed by atoms with Gasteiger partial charge in [-0.15, -0.1) is 6.42 Å². The van der Waals surface area contributed by atoms with E-state index in [-0.39, 0.29) is 18.1 Å². The lowest BCUT2D eigenvalue weighted by Crippen LogP contribution is -2.31. The first-order chi connectivity index (χ1) is 7.19. The van der Waals surface area contributed by atoms with Crippen molar-refractivity contribution in [1.29, 1.82) is 0 Å². The van der Waals surface area contributed by atoms with Crippen molar-refractivity contribution >= 4 is 5.91 Å². The van der Waals surface area contributed by atoms with Gasteiger partial charge in [-0.25, -0.2) is 4.98 Å². The number of hydrogen-bond acceptors (Lipinski definition) is 2. The quantitative estimate of drug-likeness (QED) is 0.552. The number of rotatable bonds is 3. The van der Waals surface area contributed by atoms with E-state index in [0.29, 0.717) is 6.54 Å². The molecule has 0 bridgehead atoms. The Labute approximate surface area is 87.9 Å². The SMILES string of the molecule is C#CCN(CC)C(=O)c1cccc(F)n1. The van der Waals surface area contributed by atoms with Gasteiger partial charge in [0.05, 0.1) is 6.54 Å². The van der Waals surface area contributed by atoms with Crippen molar-refractivity contribution in [3.8, 4) is 12.3 Å². The van der Waals surface area contributed by atoms with Crippen LogP contribution in [0.2, 0.25) is 0 Å². The number of hydrogen-bond donors (Lipinski definition) is 0. The van der Waals surface area contributed by atoms with E-state index in [1.807, 2.05) is 0 Å². The second-order valence-corrected chi connectivity index (χ2v) is 2.87. The number of carbonyl (C=O) groups excluding carboxylic acids is 1. The molecule has 0 saturated carbocycles. The summed E-state index contributed by atoms with van der Waals surface area (Å²) in [5.41, 5.74) is 0.0760. The lowest BCUT2D eigenvalue weighted by Gasteiger charge is -2.16. The highest BCUT2D eigenvalue weighted by Gasteiger charge is 2.14. The molecule has 0 aliphatic rings. The maximum atomic E-state index is 12.8. The van der Waals surface area contributed by atoms with Crippen LogP contribution in [0.4, 0.5) is 4.39 Å². The molecule has 1 heterocycles. The molecule has 0 saturated heterocycles. The summed E-state index contributed by atoms with van der Waals surface area (Å²) in [6.07, 6.45) is 5.11. The molecule has 1 rings (SSSR count). The van der Waals surface area contributed by atoms with Crippen LogP contribution < -0.4 is 0 Å². The van der Waals surface area contributed by atoms with Gasteiger partial charge in [0, 0.05) is 6.54 Å². The first-order valence-corrected chi connectivity index (χ1v) is 4.54. The molecule has 0 spiro atoms. The van der Waals surface area contributed by atoms with Gasteiger partial charge in [0.1, 0.15) is 5.69 Å². The van der Waals surface area contributed by atoms with Crippen LogP contribution in [0.25, 0.3) is 0 Å². The summed E-state index contributed by atoms with van der Waals surface area (Å²) in [5, 5.41) is 0. The fraction of sp³-hybridized carbons (Fsp3) is 0.273. The van der Waals surface area contributed by atoms with Gasteiger partial charge in [0.2, 0.25) is 5.95 Å². The largest absolute Gasteiger partial charge is 0.326 e. The van der Waals surface area contributed by atoms with Crippen LogP contribution in [0.3, 0.4) is 0 Å². The lowest BCUT2D eigenvalue weighted by atomic mass is 10.3. The third kappa shape index (κ3) is 2.78. The Hall–Kier alpha value is -1.89. The topological polar surface area (TPSA) is 33.2 Å². The normalized spacial score (nSPS) is 9.40. The molecule has 0 fully saturated rings. The van der Waals surface area contributed by atoms with E-state index < -0.39 is 5.95 Å². The van der Waals surface area contributed by atoms with Crippen molar-refractivity contribution in [3.05, 3.63) is 29.8 Å². The molecule has 0 aromatic carbocycles. The van der Waals surface area contributed by atoms with Gasteiger partial charge in [0.15, 0.2) is 0 Å². The smallest absolute Gasteiger partial charge is 0.273 e. The molecule has 15 heavy (non-hydrogen) atoms. The fourth-order valence-electron chi connectivity index (χ4n) is 1.13. The minimum Gasteiger partial charge on any atom is -0.326 e. The highest BCUT2D eigenvalue weighted by atomic mass is 19.1. The Kier molecular flexibility index (Phi) is 3.81. The average molecular weight is 206 g/mol. The maximum absolute atomic E-state index is 12.8. The Morgan fingerprint density at radius 2 is 2.40 bits per heavy atom. The number of amides is 1. The van der Waals surface area contributed by atoms with E-state index in [0.717, 1.165) is 0 Å². The summed E-state index contributed by atoms with van der Waals surface area (Å²) in [5.74, 6) is 1.35. The zero-order valence-corrected chi connectivity index (χ0v) is 8.40. The maximum Gasteiger partial charge on any atom is 0.273 e. The third-order valence-electron chi connectivity index (χ3n) is 1.89. The summed E-state index contributed by atoms with van der Waals surface area (Å²) >= 11 is 0. The van der Waals surface area contributed by atoms with Crippen molar-refractivity contribution in [2.24, 2.45) is 0 Å². The predicted octanol–water partition coefficient (Wildman–Crippen LogP) is 1.32. The minimum atomic E-state index is -0.669. The summed E-state index contributed by atoms with van der Waals surface area (Å²) in [6, 6.07) is 4.10. The van der Waals surface area contributed by atoms with Crippen LogP contribution in [-0.2, 0) is 0 Å². The van der Waals surface area contributed by atoms with E-state index >= 15 is 0 Å². The molecule has 0 aliphatic carbocycles. The first-order valence-electron chi connectivity index (χ1n) is 4.54. The van der Waals surface area contributed by atoms with Gasteiger partial charge < -0.3 is 4.90 Å². The monoisotopic (exact) mass is 206 g/mol. The van der Waals surface area contributed by atoms with Crippen molar-refractivity contribution in [1.82, 2.24) is 9.88 Å². The molecule has 0 N–H and O–H groups in total. The molecule has 1 aromatic heterocycles. The van der Waals surface area contributed by atoms with Crippen LogP contribution >= 0.6 is 0 Å². The average Bonchev–Trinajstić information content (AvgIpc) is 2.25. The number of carbonyl (C=O) groups is 1. The van der Waals surface area contributed by atoms with Crippen LogP contribution in [0.5, 0.6) is 0 Å². The number of terminal acetylenes is 1. The summed E-state index contributed by atoms with van der Waals surface area (Å²) < 4.78 is 12.8. The molecule has 1 aromatic rings. The molecular weight excluding hydrogens is 195 g/mol. The number of pyridine rings is 1. The Balaban J connectivity index is 2.88. The van der Waals surface area contributed by atoms with E-state index in [1.165, 1.54) is 23.1 Å². The van der Waals surface area contributed by atoms with Crippen molar-refractivity contribution in [2.45, 2.75) is 6.92 Å². The first kappa shape index (κ1) is 11.2. The second kappa shape index (κ2) is 5.11. The van der Waals surface area contributed by atoms with Crippen molar-refractivity contribution < 1.29 is 9.18 Å². The van der Waals surface area contributed by atoms with Crippen LogP contribution in [-0.4, -0.2) is 28.9 Å². The zero-order chi connectivity index (χ0) is 11.3. The van der Waals surface area contributed by atoms with Crippen molar-refractivity contribution in [3.63, 3.8) is 0 Å².